The highest BCUT2D eigenvalue weighted by Crippen LogP contribution is 2.30. The van der Waals surface area contributed by atoms with E-state index in [2.05, 4.69) is 14.9 Å². The van der Waals surface area contributed by atoms with Crippen molar-refractivity contribution in [3.63, 3.8) is 0 Å². The van der Waals surface area contributed by atoms with Gasteiger partial charge in [-0.05, 0) is 51.1 Å². The van der Waals surface area contributed by atoms with Crippen LogP contribution in [0.25, 0.3) is 0 Å². The van der Waals surface area contributed by atoms with E-state index in [1.54, 1.807) is 18.2 Å². The summed E-state index contributed by atoms with van der Waals surface area (Å²) >= 11 is 0. The highest BCUT2D eigenvalue weighted by molar-refractivity contribution is 7.89. The zero-order chi connectivity index (χ0) is 14.2. The molecule has 1 aromatic rings. The Labute approximate surface area is 120 Å². The monoisotopic (exact) mass is 295 g/mol. The van der Waals surface area contributed by atoms with Gasteiger partial charge in [0.15, 0.2) is 0 Å². The molecule has 110 valence electrons. The highest BCUT2D eigenvalue weighted by Gasteiger charge is 2.36. The van der Waals surface area contributed by atoms with E-state index in [1.807, 2.05) is 6.07 Å². The molecule has 2 N–H and O–H groups in total. The van der Waals surface area contributed by atoms with E-state index in [9.17, 15) is 8.42 Å². The largest absolute Gasteiger partial charge is 0.381 e. The van der Waals surface area contributed by atoms with Gasteiger partial charge in [-0.1, -0.05) is 6.07 Å². The summed E-state index contributed by atoms with van der Waals surface area (Å²) in [6, 6.07) is 8.10. The fourth-order valence-electron chi connectivity index (χ4n) is 3.34. The van der Waals surface area contributed by atoms with Gasteiger partial charge in [-0.15, -0.1) is 0 Å². The van der Waals surface area contributed by atoms with Crippen molar-refractivity contribution in [1.82, 2.24) is 9.62 Å². The van der Waals surface area contributed by atoms with E-state index >= 15 is 0 Å². The number of hydrogen-bond acceptors (Lipinski definition) is 4. The smallest absolute Gasteiger partial charge is 0.240 e. The summed E-state index contributed by atoms with van der Waals surface area (Å²) in [5.74, 6) is 0. The molecule has 2 atom stereocenters. The zero-order valence-corrected chi connectivity index (χ0v) is 12.5. The fraction of sp³-hybridized carbons (Fsp3) is 0.571. The quantitative estimate of drug-likeness (QED) is 0.877. The summed E-state index contributed by atoms with van der Waals surface area (Å²) in [5.41, 5.74) is 0.889. The molecule has 2 unspecified atom stereocenters. The summed E-state index contributed by atoms with van der Waals surface area (Å²) in [4.78, 5) is 2.84. The van der Waals surface area contributed by atoms with Crippen LogP contribution in [-0.2, 0) is 10.0 Å². The predicted molar refractivity (Wildman–Crippen MR) is 79.3 cm³/mol. The van der Waals surface area contributed by atoms with Gasteiger partial charge in [-0.3, -0.25) is 4.90 Å². The molecule has 1 aromatic carbocycles. The number of nitrogens with zero attached hydrogens (tertiary/aromatic N) is 1. The molecule has 0 aromatic heterocycles. The molecule has 0 spiro atoms. The number of hydrogen-bond donors (Lipinski definition) is 2. The van der Waals surface area contributed by atoms with E-state index in [-0.39, 0.29) is 0 Å². The second-order valence-electron chi connectivity index (χ2n) is 5.52. The fourth-order valence-corrected chi connectivity index (χ4v) is 4.11. The zero-order valence-electron chi connectivity index (χ0n) is 11.7. The van der Waals surface area contributed by atoms with Crippen molar-refractivity contribution in [2.24, 2.45) is 0 Å². The Morgan fingerprint density at radius 2 is 2.10 bits per heavy atom. The molecule has 2 saturated heterocycles. The van der Waals surface area contributed by atoms with Crippen LogP contribution in [0.3, 0.4) is 0 Å². The SMILES string of the molecule is CNS(=O)(=O)c1cccc(NC2CCN3CCCC23)c1. The first-order valence-electron chi connectivity index (χ1n) is 7.14. The summed E-state index contributed by atoms with van der Waals surface area (Å²) in [6.45, 7) is 2.36. The third-order valence-electron chi connectivity index (χ3n) is 4.37. The standard InChI is InChI=1S/C14H21N3O2S/c1-15-20(18,19)12-5-2-4-11(10-12)16-13-7-9-17-8-3-6-14(13)17/h2,4-5,10,13-16H,3,6-9H2,1H3. The van der Waals surface area contributed by atoms with Crippen LogP contribution >= 0.6 is 0 Å². The average molecular weight is 295 g/mol. The van der Waals surface area contributed by atoms with Gasteiger partial charge in [-0.2, -0.15) is 0 Å². The van der Waals surface area contributed by atoms with E-state index < -0.39 is 10.0 Å². The van der Waals surface area contributed by atoms with Crippen LogP contribution in [0, 0.1) is 0 Å². The molecule has 2 aliphatic rings. The molecule has 0 aliphatic carbocycles. The molecular formula is C14H21N3O2S. The first-order chi connectivity index (χ1) is 9.60. The average Bonchev–Trinajstić information content (AvgIpc) is 3.04. The summed E-state index contributed by atoms with van der Waals surface area (Å²) in [7, 11) is -1.94. The summed E-state index contributed by atoms with van der Waals surface area (Å²) in [5, 5.41) is 3.51. The lowest BCUT2D eigenvalue weighted by atomic mass is 10.1. The van der Waals surface area contributed by atoms with Crippen LogP contribution in [-0.4, -0.2) is 45.5 Å². The lowest BCUT2D eigenvalue weighted by Gasteiger charge is -2.22. The van der Waals surface area contributed by atoms with E-state index in [1.165, 1.54) is 26.4 Å². The van der Waals surface area contributed by atoms with E-state index in [0.717, 1.165) is 18.7 Å². The lowest BCUT2D eigenvalue weighted by molar-refractivity contribution is 0.318. The Kier molecular flexibility index (Phi) is 3.70. The Morgan fingerprint density at radius 3 is 2.90 bits per heavy atom. The Morgan fingerprint density at radius 1 is 1.25 bits per heavy atom. The molecule has 0 amide bonds. The van der Waals surface area contributed by atoms with Gasteiger partial charge < -0.3 is 5.32 Å². The van der Waals surface area contributed by atoms with Crippen LogP contribution in [0.2, 0.25) is 0 Å². The molecule has 6 heteroatoms. The van der Waals surface area contributed by atoms with Crippen molar-refractivity contribution >= 4 is 15.7 Å². The summed E-state index contributed by atoms with van der Waals surface area (Å²) in [6.07, 6.45) is 3.65. The van der Waals surface area contributed by atoms with E-state index in [4.69, 9.17) is 0 Å². The summed E-state index contributed by atoms with van der Waals surface area (Å²) < 4.78 is 26.0. The molecule has 2 fully saturated rings. The number of benzene rings is 1. The van der Waals surface area contributed by atoms with Crippen molar-refractivity contribution in [2.45, 2.75) is 36.2 Å². The molecule has 5 nitrogen and oxygen atoms in total. The normalized spacial score (nSPS) is 26.6. The molecule has 0 bridgehead atoms. The first-order valence-corrected chi connectivity index (χ1v) is 8.63. The topological polar surface area (TPSA) is 61.4 Å². The Balaban J connectivity index is 1.77. The van der Waals surface area contributed by atoms with Gasteiger partial charge in [0, 0.05) is 24.3 Å². The minimum atomic E-state index is -3.37. The van der Waals surface area contributed by atoms with Crippen molar-refractivity contribution < 1.29 is 8.42 Å². The molecule has 2 aliphatic heterocycles. The molecular weight excluding hydrogens is 274 g/mol. The van der Waals surface area contributed by atoms with Gasteiger partial charge in [0.1, 0.15) is 0 Å². The van der Waals surface area contributed by atoms with Crippen LogP contribution < -0.4 is 10.0 Å². The lowest BCUT2D eigenvalue weighted by Crippen LogP contribution is -2.33. The van der Waals surface area contributed by atoms with Crippen molar-refractivity contribution in [3.8, 4) is 0 Å². The molecule has 20 heavy (non-hydrogen) atoms. The van der Waals surface area contributed by atoms with Gasteiger partial charge in [0.05, 0.1) is 4.90 Å². The number of sulfonamides is 1. The van der Waals surface area contributed by atoms with Gasteiger partial charge >= 0.3 is 0 Å². The minimum absolute atomic E-state index is 0.311. The van der Waals surface area contributed by atoms with Crippen LogP contribution in [0.1, 0.15) is 19.3 Å². The second kappa shape index (κ2) is 5.35. The number of nitrogens with one attached hydrogen (secondary N) is 2. The molecule has 3 rings (SSSR count). The van der Waals surface area contributed by atoms with Crippen molar-refractivity contribution in [3.05, 3.63) is 24.3 Å². The molecule has 0 saturated carbocycles. The predicted octanol–water partition coefficient (Wildman–Crippen LogP) is 1.24. The second-order valence-corrected chi connectivity index (χ2v) is 7.41. The van der Waals surface area contributed by atoms with Gasteiger partial charge in [0.25, 0.3) is 0 Å². The maximum Gasteiger partial charge on any atom is 0.240 e. The number of rotatable bonds is 4. The maximum absolute atomic E-state index is 11.8. The Hall–Kier alpha value is -1.11. The van der Waals surface area contributed by atoms with Crippen LogP contribution in [0.4, 0.5) is 5.69 Å². The minimum Gasteiger partial charge on any atom is -0.381 e. The van der Waals surface area contributed by atoms with E-state index in [0.29, 0.717) is 17.0 Å². The number of fused-ring (bicyclic) bond motifs is 1. The third kappa shape index (κ3) is 2.55. The third-order valence-corrected chi connectivity index (χ3v) is 5.78. The maximum atomic E-state index is 11.8. The van der Waals surface area contributed by atoms with Gasteiger partial charge in [-0.25, -0.2) is 13.1 Å². The van der Waals surface area contributed by atoms with Crippen molar-refractivity contribution in [1.29, 1.82) is 0 Å². The van der Waals surface area contributed by atoms with Gasteiger partial charge in [0.2, 0.25) is 10.0 Å². The highest BCUT2D eigenvalue weighted by atomic mass is 32.2. The molecule has 0 radical (unpaired) electrons. The number of anilines is 1. The van der Waals surface area contributed by atoms with Crippen molar-refractivity contribution in [2.75, 3.05) is 25.5 Å². The Bertz CT molecular complexity index is 588. The molecule has 2 heterocycles. The first kappa shape index (κ1) is 13.9. The van der Waals surface area contributed by atoms with Crippen LogP contribution in [0.15, 0.2) is 29.2 Å². The van der Waals surface area contributed by atoms with Crippen LogP contribution in [0.5, 0.6) is 0 Å².